The Kier molecular flexibility index (Phi) is 7.46. The number of carbonyl (C=O) groups is 3. The molecule has 0 bridgehead atoms. The highest BCUT2D eigenvalue weighted by Crippen LogP contribution is 2.48. The molecule has 2 unspecified atom stereocenters. The minimum atomic E-state index is -1.21. The van der Waals surface area contributed by atoms with E-state index in [1.165, 1.54) is 6.07 Å². The van der Waals surface area contributed by atoms with E-state index in [1.54, 1.807) is 41.0 Å². The summed E-state index contributed by atoms with van der Waals surface area (Å²) < 4.78 is 25.6. The molecule has 12 heteroatoms. The van der Waals surface area contributed by atoms with Crippen molar-refractivity contribution in [3.05, 3.63) is 62.9 Å². The Morgan fingerprint density at radius 1 is 1.19 bits per heavy atom. The highest BCUT2D eigenvalue weighted by molar-refractivity contribution is 6.31. The number of para-hydroxylation sites is 1. The molecule has 42 heavy (non-hydrogen) atoms. The normalized spacial score (nSPS) is 24.1. The number of fused-ring (bicyclic) bond motifs is 2. The van der Waals surface area contributed by atoms with Gasteiger partial charge in [0.15, 0.2) is 5.82 Å². The Balaban J connectivity index is 1.40. The number of amides is 3. The van der Waals surface area contributed by atoms with E-state index >= 15 is 0 Å². The van der Waals surface area contributed by atoms with Crippen LogP contribution in [-0.2, 0) is 27.4 Å². The molecule has 3 aromatic rings. The molecular formula is C30H30ClFN4O6. The van der Waals surface area contributed by atoms with Gasteiger partial charge < -0.3 is 19.1 Å². The van der Waals surface area contributed by atoms with Crippen LogP contribution in [0.2, 0.25) is 5.02 Å². The van der Waals surface area contributed by atoms with Gasteiger partial charge in [0, 0.05) is 35.3 Å². The van der Waals surface area contributed by atoms with Crippen LogP contribution in [0.1, 0.15) is 68.4 Å². The van der Waals surface area contributed by atoms with E-state index < -0.39 is 29.2 Å². The first kappa shape index (κ1) is 28.3. The molecule has 1 aromatic heterocycles. The lowest BCUT2D eigenvalue weighted by atomic mass is 9.66. The third-order valence-electron chi connectivity index (χ3n) is 9.07. The fourth-order valence-corrected chi connectivity index (χ4v) is 7.05. The predicted octanol–water partition coefficient (Wildman–Crippen LogP) is 5.69. The summed E-state index contributed by atoms with van der Waals surface area (Å²) in [5.74, 6) is -2.11. The predicted molar refractivity (Wildman–Crippen MR) is 150 cm³/mol. The number of hydrogen-bond acceptors (Lipinski definition) is 7. The lowest BCUT2D eigenvalue weighted by Gasteiger charge is -2.46. The minimum Gasteiger partial charge on any atom is -0.487 e. The number of halogens is 2. The maximum Gasteiger partial charge on any atom is 0.292 e. The number of hydrogen-bond donors (Lipinski definition) is 0. The van der Waals surface area contributed by atoms with Crippen LogP contribution in [0.25, 0.3) is 11.0 Å². The first-order chi connectivity index (χ1) is 20.2. The zero-order chi connectivity index (χ0) is 29.6. The molecule has 3 amide bonds. The van der Waals surface area contributed by atoms with E-state index in [2.05, 4.69) is 10.3 Å². The fraction of sp³-hybridized carbons (Fsp3) is 0.467. The van der Waals surface area contributed by atoms with E-state index in [0.29, 0.717) is 72.5 Å². The lowest BCUT2D eigenvalue weighted by molar-refractivity contribution is -0.156. The summed E-state index contributed by atoms with van der Waals surface area (Å²) in [5.41, 5.74) is 0.558. The second kappa shape index (κ2) is 11.1. The smallest absolute Gasteiger partial charge is 0.292 e. The molecule has 2 aliphatic heterocycles. The van der Waals surface area contributed by atoms with E-state index in [1.807, 2.05) is 0 Å². The molecule has 220 valence electrons. The van der Waals surface area contributed by atoms with Crippen molar-refractivity contribution < 1.29 is 28.0 Å². The molecule has 3 heterocycles. The Morgan fingerprint density at radius 3 is 2.79 bits per heavy atom. The van der Waals surface area contributed by atoms with Gasteiger partial charge in [-0.1, -0.05) is 35.7 Å². The summed E-state index contributed by atoms with van der Waals surface area (Å²) in [6, 6.07) is 7.94. The molecule has 1 aliphatic carbocycles. The van der Waals surface area contributed by atoms with E-state index in [-0.39, 0.29) is 30.5 Å². The summed E-state index contributed by atoms with van der Waals surface area (Å²) in [5, 5.41) is 7.66. The molecular weight excluding hydrogens is 567 g/mol. The Morgan fingerprint density at radius 2 is 2.02 bits per heavy atom. The van der Waals surface area contributed by atoms with Gasteiger partial charge in [-0.3, -0.25) is 14.4 Å². The Labute approximate surface area is 246 Å². The van der Waals surface area contributed by atoms with Gasteiger partial charge in [-0.25, -0.2) is 4.39 Å². The van der Waals surface area contributed by atoms with Crippen molar-refractivity contribution >= 4 is 40.3 Å². The van der Waals surface area contributed by atoms with Gasteiger partial charge in [0.05, 0.1) is 16.7 Å². The van der Waals surface area contributed by atoms with Crippen molar-refractivity contribution in [2.45, 2.75) is 64.6 Å². The Hall–Kier alpha value is -3.86. The molecule has 1 saturated heterocycles. The molecule has 2 fully saturated rings. The quantitative estimate of drug-likeness (QED) is 0.335. The average Bonchev–Trinajstić information content (AvgIpc) is 3.62. The molecule has 6 rings (SSSR count). The molecule has 3 atom stereocenters. The summed E-state index contributed by atoms with van der Waals surface area (Å²) in [6.07, 6.45) is 2.84. The number of likely N-dealkylation sites (tertiary alicyclic amines) is 1. The number of aromatic nitrogens is 1. The van der Waals surface area contributed by atoms with E-state index in [9.17, 15) is 23.7 Å². The van der Waals surface area contributed by atoms with Gasteiger partial charge in [0.2, 0.25) is 17.4 Å². The van der Waals surface area contributed by atoms with Crippen molar-refractivity contribution in [1.29, 1.82) is 0 Å². The summed E-state index contributed by atoms with van der Waals surface area (Å²) >= 11 is 6.68. The summed E-state index contributed by atoms with van der Waals surface area (Å²) in [4.78, 5) is 54.9. The van der Waals surface area contributed by atoms with Crippen molar-refractivity contribution in [2.24, 2.45) is 16.5 Å². The highest BCUT2D eigenvalue weighted by Gasteiger charge is 2.51. The topological polar surface area (TPSA) is 122 Å². The molecule has 0 radical (unpaired) electrons. The lowest BCUT2D eigenvalue weighted by Crippen LogP contribution is -2.54. The van der Waals surface area contributed by atoms with Crippen LogP contribution in [0.4, 0.5) is 4.39 Å². The molecule has 1 saturated carbocycles. The first-order valence-electron chi connectivity index (χ1n) is 14.2. The van der Waals surface area contributed by atoms with Gasteiger partial charge >= 0.3 is 0 Å². The van der Waals surface area contributed by atoms with Crippen molar-refractivity contribution in [3.63, 3.8) is 0 Å². The Bertz CT molecular complexity index is 1590. The maximum atomic E-state index is 14.4. The standard InChI is InChI=1S/C30H30ClFN4O6/c1-30(29(39)33-40)13-3-2-7-19(30)28(38)36-15-12-17-20(31)10-11-23(25(17)27(36)35-14-5-9-24(35)37)41-16-22-18-6-4-8-21(32)26(18)42-34-22/h4,6,8,10-11,19,27H,2-3,5,7,9,12-16H2,1H3/t19?,27?,30-/m0/s1. The van der Waals surface area contributed by atoms with Crippen LogP contribution in [0.15, 0.2) is 40.0 Å². The van der Waals surface area contributed by atoms with Gasteiger partial charge in [0.25, 0.3) is 5.91 Å². The fourth-order valence-electron chi connectivity index (χ4n) is 6.79. The van der Waals surface area contributed by atoms with Gasteiger partial charge in [-0.15, -0.1) is 4.91 Å². The molecule has 0 spiro atoms. The zero-order valence-electron chi connectivity index (χ0n) is 23.1. The third-order valence-corrected chi connectivity index (χ3v) is 9.43. The number of benzene rings is 2. The summed E-state index contributed by atoms with van der Waals surface area (Å²) in [6.45, 7) is 2.29. The second-order valence-electron chi connectivity index (χ2n) is 11.4. The number of ether oxygens (including phenoxy) is 1. The van der Waals surface area contributed by atoms with Crippen LogP contribution < -0.4 is 4.74 Å². The minimum absolute atomic E-state index is 0.0291. The summed E-state index contributed by atoms with van der Waals surface area (Å²) in [7, 11) is 0. The monoisotopic (exact) mass is 596 g/mol. The van der Waals surface area contributed by atoms with Crippen LogP contribution in [0.3, 0.4) is 0 Å². The molecule has 2 aromatic carbocycles. The number of carbonyl (C=O) groups excluding carboxylic acids is 3. The van der Waals surface area contributed by atoms with Crippen LogP contribution in [0.5, 0.6) is 5.75 Å². The number of rotatable bonds is 6. The van der Waals surface area contributed by atoms with Crippen LogP contribution >= 0.6 is 11.6 Å². The second-order valence-corrected chi connectivity index (χ2v) is 11.8. The number of nitroso groups, excluding NO2 is 1. The van der Waals surface area contributed by atoms with Crippen molar-refractivity contribution in [3.8, 4) is 5.75 Å². The van der Waals surface area contributed by atoms with Crippen LogP contribution in [-0.4, -0.2) is 45.8 Å². The molecule has 0 N–H and O–H groups in total. The zero-order valence-corrected chi connectivity index (χ0v) is 23.9. The SMILES string of the molecule is C[C@]1(C(=O)N=O)CCCCC1C(=O)N1CCc2c(Cl)ccc(OCc3noc4c(F)cccc34)c2C1N1CCCC1=O. The maximum absolute atomic E-state index is 14.4. The van der Waals surface area contributed by atoms with Gasteiger partial charge in [0.1, 0.15) is 24.2 Å². The number of nitrogens with zero attached hydrogens (tertiary/aromatic N) is 4. The average molecular weight is 597 g/mol. The third kappa shape index (κ3) is 4.63. The van der Waals surface area contributed by atoms with Gasteiger partial charge in [-0.2, -0.15) is 0 Å². The molecule has 10 nitrogen and oxygen atoms in total. The van der Waals surface area contributed by atoms with Crippen LogP contribution in [0, 0.1) is 22.1 Å². The van der Waals surface area contributed by atoms with Crippen molar-refractivity contribution in [1.82, 2.24) is 15.0 Å². The molecule has 3 aliphatic rings. The van der Waals surface area contributed by atoms with E-state index in [0.717, 1.165) is 12.0 Å². The first-order valence-corrected chi connectivity index (χ1v) is 14.6. The van der Waals surface area contributed by atoms with Gasteiger partial charge in [-0.05, 0) is 62.4 Å². The largest absolute Gasteiger partial charge is 0.487 e. The van der Waals surface area contributed by atoms with E-state index in [4.69, 9.17) is 20.9 Å². The van der Waals surface area contributed by atoms with Crippen molar-refractivity contribution in [2.75, 3.05) is 13.1 Å². The highest BCUT2D eigenvalue weighted by atomic mass is 35.5.